The SMILES string of the molecule is Nc1ccn([C@@H]2O[C@H](CO)C(O)C2O)c(=O)n1.OC[C@H]1OC[C@@H](O)[C@@H]1O. The van der Waals surface area contributed by atoms with Gasteiger partial charge in [-0.05, 0) is 6.07 Å². The summed E-state index contributed by atoms with van der Waals surface area (Å²) in [6.45, 7) is -0.573. The molecule has 2 aliphatic heterocycles. The van der Waals surface area contributed by atoms with Gasteiger partial charge in [0.15, 0.2) is 6.23 Å². The number of nitrogens with two attached hydrogens (primary N) is 1. The summed E-state index contributed by atoms with van der Waals surface area (Å²) < 4.78 is 11.0. The molecule has 7 atom stereocenters. The molecule has 12 heteroatoms. The second kappa shape index (κ2) is 8.83. The second-order valence-corrected chi connectivity index (χ2v) is 5.88. The van der Waals surface area contributed by atoms with Crippen LogP contribution in [0.25, 0.3) is 0 Å². The molecule has 3 heterocycles. The number of hydrogen-bond acceptors (Lipinski definition) is 11. The Bertz CT molecular complexity index is 642. The maximum Gasteiger partial charge on any atom is 0.351 e. The molecule has 1 aromatic heterocycles. The molecule has 0 spiro atoms. The van der Waals surface area contributed by atoms with E-state index in [9.17, 15) is 15.0 Å². The Labute approximate surface area is 147 Å². The van der Waals surface area contributed by atoms with Crippen molar-refractivity contribution in [2.45, 2.75) is 42.9 Å². The molecule has 0 radical (unpaired) electrons. The number of nitrogen functional groups attached to an aromatic ring is 1. The average molecular weight is 377 g/mol. The van der Waals surface area contributed by atoms with Crippen LogP contribution in [0.1, 0.15) is 6.23 Å². The minimum atomic E-state index is -1.31. The van der Waals surface area contributed by atoms with Crippen LogP contribution >= 0.6 is 0 Å². The summed E-state index contributed by atoms with van der Waals surface area (Å²) in [7, 11) is 0. The number of aliphatic hydroxyl groups is 6. The molecule has 2 saturated heterocycles. The summed E-state index contributed by atoms with van der Waals surface area (Å²) in [6, 6.07) is 1.37. The smallest absolute Gasteiger partial charge is 0.351 e. The number of nitrogens with zero attached hydrogens (tertiary/aromatic N) is 2. The number of anilines is 1. The highest BCUT2D eigenvalue weighted by molar-refractivity contribution is 5.23. The number of ether oxygens (including phenoxy) is 2. The van der Waals surface area contributed by atoms with Gasteiger partial charge in [-0.1, -0.05) is 0 Å². The molecule has 12 nitrogen and oxygen atoms in total. The Hall–Kier alpha value is -1.64. The highest BCUT2D eigenvalue weighted by Gasteiger charge is 2.43. The van der Waals surface area contributed by atoms with Crippen LogP contribution in [-0.2, 0) is 9.47 Å². The van der Waals surface area contributed by atoms with Gasteiger partial charge in [-0.3, -0.25) is 4.57 Å². The molecular formula is C14H23N3O9. The molecule has 8 N–H and O–H groups in total. The van der Waals surface area contributed by atoms with Gasteiger partial charge in [0.1, 0.15) is 42.4 Å². The van der Waals surface area contributed by atoms with E-state index in [4.69, 9.17) is 35.6 Å². The Morgan fingerprint density at radius 1 is 1.12 bits per heavy atom. The van der Waals surface area contributed by atoms with Crippen LogP contribution in [0, 0.1) is 0 Å². The normalized spacial score (nSPS) is 36.6. The van der Waals surface area contributed by atoms with E-state index in [0.717, 1.165) is 4.57 Å². The maximum atomic E-state index is 11.5. The standard InChI is InChI=1S/C9H13N3O5.C5H10O4/c10-5-1-2-12(9(16)11-5)8-7(15)6(14)4(3-13)17-8;6-1-4-5(8)3(7)2-9-4/h1-2,4,6-8,13-15H,3H2,(H2,10,11,16);3-8H,1-2H2/t4-,6?,7?,8-;3-,4-,5+/m11/s1. The Morgan fingerprint density at radius 2 is 1.77 bits per heavy atom. The molecule has 2 aliphatic rings. The van der Waals surface area contributed by atoms with Crippen molar-refractivity contribution in [2.75, 3.05) is 25.6 Å². The fourth-order valence-electron chi connectivity index (χ4n) is 2.56. The van der Waals surface area contributed by atoms with E-state index in [1.165, 1.54) is 12.3 Å². The van der Waals surface area contributed by atoms with Gasteiger partial charge in [-0.15, -0.1) is 0 Å². The van der Waals surface area contributed by atoms with Gasteiger partial charge in [0.25, 0.3) is 0 Å². The van der Waals surface area contributed by atoms with Crippen LogP contribution < -0.4 is 11.4 Å². The first kappa shape index (κ1) is 20.7. The van der Waals surface area contributed by atoms with E-state index in [1.54, 1.807) is 0 Å². The first-order valence-corrected chi connectivity index (χ1v) is 7.85. The molecule has 26 heavy (non-hydrogen) atoms. The molecule has 2 fully saturated rings. The molecule has 3 rings (SSSR count). The quantitative estimate of drug-likeness (QED) is 0.268. The zero-order chi connectivity index (χ0) is 19.4. The van der Waals surface area contributed by atoms with Crippen molar-refractivity contribution in [3.8, 4) is 0 Å². The largest absolute Gasteiger partial charge is 0.394 e. The van der Waals surface area contributed by atoms with Gasteiger partial charge in [-0.2, -0.15) is 4.98 Å². The lowest BCUT2D eigenvalue weighted by atomic mass is 10.1. The van der Waals surface area contributed by atoms with Gasteiger partial charge in [0.05, 0.1) is 19.8 Å². The third-order valence-electron chi connectivity index (χ3n) is 4.08. The Morgan fingerprint density at radius 3 is 2.19 bits per heavy atom. The summed E-state index contributed by atoms with van der Waals surface area (Å²) in [4.78, 5) is 15.0. The van der Waals surface area contributed by atoms with Gasteiger partial charge < -0.3 is 45.8 Å². The minimum absolute atomic E-state index is 0.0537. The van der Waals surface area contributed by atoms with Gasteiger partial charge in [-0.25, -0.2) is 4.79 Å². The van der Waals surface area contributed by atoms with E-state index in [2.05, 4.69) is 4.98 Å². The third-order valence-corrected chi connectivity index (χ3v) is 4.08. The Balaban J connectivity index is 0.000000228. The molecular weight excluding hydrogens is 354 g/mol. The van der Waals surface area contributed by atoms with Crippen LogP contribution in [0.15, 0.2) is 17.1 Å². The Kier molecular flexibility index (Phi) is 7.02. The molecule has 2 unspecified atom stereocenters. The van der Waals surface area contributed by atoms with Crippen LogP contribution in [0.3, 0.4) is 0 Å². The topological polar surface area (TPSA) is 201 Å². The van der Waals surface area contributed by atoms with Gasteiger partial charge in [0.2, 0.25) is 0 Å². The highest BCUT2D eigenvalue weighted by atomic mass is 16.6. The molecule has 0 amide bonds. The van der Waals surface area contributed by atoms with Crippen molar-refractivity contribution in [1.29, 1.82) is 0 Å². The van der Waals surface area contributed by atoms with Crippen LogP contribution in [0.2, 0.25) is 0 Å². The van der Waals surface area contributed by atoms with Crippen LogP contribution in [-0.4, -0.2) is 96.6 Å². The average Bonchev–Trinajstić information content (AvgIpc) is 3.09. The first-order chi connectivity index (χ1) is 12.3. The minimum Gasteiger partial charge on any atom is -0.394 e. The summed E-state index contributed by atoms with van der Waals surface area (Å²) in [5, 5.41) is 54.3. The van der Waals surface area contributed by atoms with Crippen molar-refractivity contribution in [2.24, 2.45) is 0 Å². The molecule has 148 valence electrons. The number of aromatic nitrogens is 2. The van der Waals surface area contributed by atoms with Crippen molar-refractivity contribution in [3.05, 3.63) is 22.7 Å². The van der Waals surface area contributed by atoms with Crippen molar-refractivity contribution in [1.82, 2.24) is 9.55 Å². The summed E-state index contributed by atoms with van der Waals surface area (Å²) in [6.07, 6.45) is -5.62. The van der Waals surface area contributed by atoms with Crippen molar-refractivity contribution >= 4 is 5.82 Å². The lowest BCUT2D eigenvalue weighted by molar-refractivity contribution is -0.0549. The molecule has 0 aliphatic carbocycles. The predicted octanol–water partition coefficient (Wildman–Crippen LogP) is -4.46. The zero-order valence-electron chi connectivity index (χ0n) is 13.7. The third kappa shape index (κ3) is 4.36. The van der Waals surface area contributed by atoms with E-state index in [1.807, 2.05) is 0 Å². The lowest BCUT2D eigenvalue weighted by Gasteiger charge is -2.16. The number of hydrogen-bond donors (Lipinski definition) is 7. The van der Waals surface area contributed by atoms with E-state index < -0.39 is 55.1 Å². The number of rotatable bonds is 3. The fraction of sp³-hybridized carbons (Fsp3) is 0.714. The van der Waals surface area contributed by atoms with E-state index in [-0.39, 0.29) is 19.0 Å². The predicted molar refractivity (Wildman–Crippen MR) is 84.8 cm³/mol. The van der Waals surface area contributed by atoms with E-state index in [0.29, 0.717) is 0 Å². The molecule has 0 aromatic carbocycles. The molecule has 1 aromatic rings. The first-order valence-electron chi connectivity index (χ1n) is 7.85. The summed E-state index contributed by atoms with van der Waals surface area (Å²) in [5.41, 5.74) is 4.63. The lowest BCUT2D eigenvalue weighted by Crippen LogP contribution is -2.36. The van der Waals surface area contributed by atoms with Crippen LogP contribution in [0.4, 0.5) is 5.82 Å². The maximum absolute atomic E-state index is 11.5. The number of aliphatic hydroxyl groups excluding tert-OH is 6. The second-order valence-electron chi connectivity index (χ2n) is 5.88. The van der Waals surface area contributed by atoms with Crippen molar-refractivity contribution in [3.63, 3.8) is 0 Å². The molecule has 0 bridgehead atoms. The van der Waals surface area contributed by atoms with Gasteiger partial charge >= 0.3 is 5.69 Å². The van der Waals surface area contributed by atoms with E-state index >= 15 is 0 Å². The molecule has 0 saturated carbocycles. The van der Waals surface area contributed by atoms with Gasteiger partial charge in [0, 0.05) is 6.20 Å². The monoisotopic (exact) mass is 377 g/mol. The zero-order valence-corrected chi connectivity index (χ0v) is 13.7. The van der Waals surface area contributed by atoms with Crippen LogP contribution in [0.5, 0.6) is 0 Å². The summed E-state index contributed by atoms with van der Waals surface area (Å²) in [5.74, 6) is 0.0537. The highest BCUT2D eigenvalue weighted by Crippen LogP contribution is 2.27. The summed E-state index contributed by atoms with van der Waals surface area (Å²) >= 11 is 0. The fourth-order valence-corrected chi connectivity index (χ4v) is 2.56. The van der Waals surface area contributed by atoms with Crippen molar-refractivity contribution < 1.29 is 40.1 Å².